The number of nitrogens with zero attached hydrogens (tertiary/aromatic N) is 2. The molecule has 7 nitrogen and oxygen atoms in total. The minimum absolute atomic E-state index is 0.0456. The molecule has 0 unspecified atom stereocenters. The number of halogens is 3. The van der Waals surface area contributed by atoms with Crippen LogP contribution in [0.4, 0.5) is 14.5 Å². The molecule has 1 aliphatic rings. The number of sulfonamides is 1. The van der Waals surface area contributed by atoms with Gasteiger partial charge in [-0.2, -0.15) is 0 Å². The van der Waals surface area contributed by atoms with Crippen molar-refractivity contribution in [3.05, 3.63) is 64.1 Å². The third-order valence-corrected chi connectivity index (χ3v) is 7.67. The van der Waals surface area contributed by atoms with Gasteiger partial charge in [0.25, 0.3) is 0 Å². The fourth-order valence-corrected chi connectivity index (χ4v) is 5.12. The van der Waals surface area contributed by atoms with Crippen LogP contribution >= 0.6 is 15.9 Å². The Balaban J connectivity index is 1.88. The van der Waals surface area contributed by atoms with E-state index in [2.05, 4.69) is 21.2 Å². The first kappa shape index (κ1) is 27.1. The highest BCUT2D eigenvalue weighted by molar-refractivity contribution is 9.10. The van der Waals surface area contributed by atoms with E-state index in [0.717, 1.165) is 60.2 Å². The maximum absolute atomic E-state index is 13.8. The number of benzene rings is 2. The van der Waals surface area contributed by atoms with Crippen LogP contribution < -0.4 is 9.62 Å². The summed E-state index contributed by atoms with van der Waals surface area (Å²) in [6.07, 6.45) is 4.67. The summed E-state index contributed by atoms with van der Waals surface area (Å²) in [7, 11) is -4.03. The Morgan fingerprint density at radius 1 is 1.09 bits per heavy atom. The van der Waals surface area contributed by atoms with Gasteiger partial charge in [0.1, 0.15) is 12.6 Å². The normalized spacial score (nSPS) is 15.0. The lowest BCUT2D eigenvalue weighted by Gasteiger charge is -2.32. The maximum Gasteiger partial charge on any atom is 0.244 e. The third kappa shape index (κ3) is 7.23. The summed E-state index contributed by atoms with van der Waals surface area (Å²) in [6, 6.07) is 8.93. The van der Waals surface area contributed by atoms with E-state index in [1.165, 1.54) is 4.90 Å². The molecule has 0 bridgehead atoms. The van der Waals surface area contributed by atoms with Crippen LogP contribution in [-0.4, -0.2) is 50.0 Å². The summed E-state index contributed by atoms with van der Waals surface area (Å²) in [5.74, 6) is -3.36. The zero-order valence-corrected chi connectivity index (χ0v) is 21.9. The summed E-state index contributed by atoms with van der Waals surface area (Å²) >= 11 is 3.36. The summed E-state index contributed by atoms with van der Waals surface area (Å²) in [6.45, 7) is 0.964. The van der Waals surface area contributed by atoms with Crippen LogP contribution in [0.1, 0.15) is 38.2 Å². The molecule has 2 amide bonds. The van der Waals surface area contributed by atoms with Crippen molar-refractivity contribution in [2.45, 2.75) is 51.2 Å². The number of carbonyl (C=O) groups excluding carboxylic acids is 2. The van der Waals surface area contributed by atoms with Gasteiger partial charge in [-0.05, 0) is 49.6 Å². The zero-order chi connectivity index (χ0) is 25.8. The van der Waals surface area contributed by atoms with E-state index in [1.54, 1.807) is 31.2 Å². The number of nitrogens with one attached hydrogen (secondary N) is 1. The molecule has 3 rings (SSSR count). The van der Waals surface area contributed by atoms with E-state index in [4.69, 9.17) is 0 Å². The first-order valence-corrected chi connectivity index (χ1v) is 13.9. The molecule has 0 heterocycles. The predicted molar refractivity (Wildman–Crippen MR) is 133 cm³/mol. The lowest BCUT2D eigenvalue weighted by atomic mass is 10.1. The molecule has 0 aliphatic heterocycles. The molecule has 2 aromatic carbocycles. The largest absolute Gasteiger partial charge is 0.352 e. The average molecular weight is 572 g/mol. The van der Waals surface area contributed by atoms with Crippen molar-refractivity contribution in [1.82, 2.24) is 10.2 Å². The Morgan fingerprint density at radius 2 is 1.71 bits per heavy atom. The molecule has 1 saturated carbocycles. The second-order valence-corrected chi connectivity index (χ2v) is 11.5. The minimum atomic E-state index is -4.03. The molecule has 1 aliphatic carbocycles. The summed E-state index contributed by atoms with van der Waals surface area (Å²) in [5, 5.41) is 2.97. The third-order valence-electron chi connectivity index (χ3n) is 6.01. The zero-order valence-electron chi connectivity index (χ0n) is 19.5. The van der Waals surface area contributed by atoms with Crippen LogP contribution in [0.25, 0.3) is 0 Å². The number of hydrogen-bond acceptors (Lipinski definition) is 4. The Bertz CT molecular complexity index is 1170. The topological polar surface area (TPSA) is 86.8 Å². The van der Waals surface area contributed by atoms with Crippen molar-refractivity contribution in [1.29, 1.82) is 0 Å². The summed E-state index contributed by atoms with van der Waals surface area (Å²) < 4.78 is 53.7. The molecular weight excluding hydrogens is 544 g/mol. The highest BCUT2D eigenvalue weighted by Gasteiger charge is 2.31. The summed E-state index contributed by atoms with van der Waals surface area (Å²) in [4.78, 5) is 27.7. The molecule has 2 aromatic rings. The Labute approximate surface area is 212 Å². The van der Waals surface area contributed by atoms with Crippen molar-refractivity contribution in [3.8, 4) is 0 Å². The monoisotopic (exact) mass is 571 g/mol. The minimum Gasteiger partial charge on any atom is -0.352 e. The first-order valence-electron chi connectivity index (χ1n) is 11.2. The number of hydrogen-bond donors (Lipinski definition) is 1. The molecule has 1 atom stereocenters. The van der Waals surface area contributed by atoms with E-state index in [-0.39, 0.29) is 24.2 Å². The lowest BCUT2D eigenvalue weighted by Crippen LogP contribution is -2.52. The van der Waals surface area contributed by atoms with Crippen LogP contribution in [0.5, 0.6) is 0 Å². The number of amides is 2. The molecule has 1 fully saturated rings. The van der Waals surface area contributed by atoms with Gasteiger partial charge in [-0.3, -0.25) is 13.9 Å². The highest BCUT2D eigenvalue weighted by atomic mass is 79.9. The first-order chi connectivity index (χ1) is 16.5. The van der Waals surface area contributed by atoms with Crippen molar-refractivity contribution < 1.29 is 26.8 Å². The van der Waals surface area contributed by atoms with Gasteiger partial charge in [0, 0.05) is 23.1 Å². The van der Waals surface area contributed by atoms with E-state index in [9.17, 15) is 26.8 Å². The van der Waals surface area contributed by atoms with Gasteiger partial charge in [0.2, 0.25) is 21.8 Å². The van der Waals surface area contributed by atoms with Crippen molar-refractivity contribution in [3.63, 3.8) is 0 Å². The van der Waals surface area contributed by atoms with Crippen molar-refractivity contribution in [2.75, 3.05) is 17.1 Å². The van der Waals surface area contributed by atoms with Crippen LogP contribution in [-0.2, 0) is 26.2 Å². The van der Waals surface area contributed by atoms with E-state index >= 15 is 0 Å². The van der Waals surface area contributed by atoms with Crippen LogP contribution in [0.15, 0.2) is 46.9 Å². The fraction of sp³-hybridized carbons (Fsp3) is 0.417. The molecule has 0 spiro atoms. The summed E-state index contributed by atoms with van der Waals surface area (Å²) in [5.41, 5.74) is 0.548. The fourth-order valence-electron chi connectivity index (χ4n) is 4.01. The maximum atomic E-state index is 13.8. The predicted octanol–water partition coefficient (Wildman–Crippen LogP) is 3.97. The van der Waals surface area contributed by atoms with E-state index in [1.807, 2.05) is 0 Å². The average Bonchev–Trinajstić information content (AvgIpc) is 3.30. The van der Waals surface area contributed by atoms with Gasteiger partial charge in [-0.25, -0.2) is 17.2 Å². The molecule has 35 heavy (non-hydrogen) atoms. The second kappa shape index (κ2) is 11.5. The smallest absolute Gasteiger partial charge is 0.244 e. The van der Waals surface area contributed by atoms with Gasteiger partial charge in [0.05, 0.1) is 11.9 Å². The SMILES string of the molecule is C[C@@H](C(=O)NC1CCCC1)N(Cc1ccc(Br)cc1)C(=O)CN(c1ccc(F)c(F)c1)S(C)(=O)=O. The molecular formula is C24H28BrF2N3O4S. The highest BCUT2D eigenvalue weighted by Crippen LogP contribution is 2.22. The van der Waals surface area contributed by atoms with Gasteiger partial charge in [-0.1, -0.05) is 40.9 Å². The van der Waals surface area contributed by atoms with Gasteiger partial charge < -0.3 is 10.2 Å². The van der Waals surface area contributed by atoms with Crippen LogP contribution in [0.2, 0.25) is 0 Å². The molecule has 0 radical (unpaired) electrons. The molecule has 1 N–H and O–H groups in total. The molecule has 190 valence electrons. The molecule has 11 heteroatoms. The van der Waals surface area contributed by atoms with Crippen LogP contribution in [0.3, 0.4) is 0 Å². The van der Waals surface area contributed by atoms with E-state index < -0.39 is 40.2 Å². The van der Waals surface area contributed by atoms with Gasteiger partial charge in [0.15, 0.2) is 11.6 Å². The Hall–Kier alpha value is -2.53. The number of carbonyl (C=O) groups is 2. The quantitative estimate of drug-likeness (QED) is 0.493. The van der Waals surface area contributed by atoms with Gasteiger partial charge in [-0.15, -0.1) is 0 Å². The Kier molecular flexibility index (Phi) is 8.87. The Morgan fingerprint density at radius 3 is 2.29 bits per heavy atom. The van der Waals surface area contributed by atoms with Crippen molar-refractivity contribution >= 4 is 43.5 Å². The second-order valence-electron chi connectivity index (χ2n) is 8.68. The van der Waals surface area contributed by atoms with Crippen molar-refractivity contribution in [2.24, 2.45) is 0 Å². The number of rotatable bonds is 9. The molecule has 0 aromatic heterocycles. The number of anilines is 1. The standard InChI is InChI=1S/C24H28BrF2N3O4S/c1-16(24(32)28-19-5-3-4-6-19)29(14-17-7-9-18(25)10-8-17)23(31)15-30(35(2,33)34)20-11-12-21(26)22(27)13-20/h7-13,16,19H,3-6,14-15H2,1-2H3,(H,28,32)/t16-/m0/s1. The van der Waals surface area contributed by atoms with Gasteiger partial charge >= 0.3 is 0 Å². The van der Waals surface area contributed by atoms with Crippen LogP contribution in [0, 0.1) is 11.6 Å². The van der Waals surface area contributed by atoms with E-state index in [0.29, 0.717) is 4.31 Å². The molecule has 0 saturated heterocycles. The lowest BCUT2D eigenvalue weighted by molar-refractivity contribution is -0.139.